The molecule has 0 saturated carbocycles. The van der Waals surface area contributed by atoms with Crippen LogP contribution < -0.4 is 5.32 Å². The molecule has 4 rings (SSSR count). The summed E-state index contributed by atoms with van der Waals surface area (Å²) in [6, 6.07) is 25.0. The van der Waals surface area contributed by atoms with Gasteiger partial charge >= 0.3 is 12.1 Å². The van der Waals surface area contributed by atoms with Crippen LogP contribution in [-0.4, -0.2) is 28.4 Å². The van der Waals surface area contributed by atoms with Crippen molar-refractivity contribution in [2.45, 2.75) is 32.2 Å². The minimum Gasteiger partial charge on any atom is -0.479 e. The van der Waals surface area contributed by atoms with Gasteiger partial charge in [-0.1, -0.05) is 89.6 Å². The van der Waals surface area contributed by atoms with Gasteiger partial charge in [0.1, 0.15) is 23.6 Å². The topological polar surface area (TPSA) is 135 Å². The standard InChI is InChI=1S/C29H24ClN3O6/c1-18(22-9-5-6-10-23(22)30)38-29(36)32-27-25(16-31)39-33-26(27)21-13-11-20(12-14-21)17-37-24(28(34)35)15-19-7-3-2-4-8-19/h2-14,18,24H,15,17H2,1H3,(H,32,36)(H,34,35). The van der Waals surface area contributed by atoms with Crippen molar-refractivity contribution < 1.29 is 28.7 Å². The number of rotatable bonds is 10. The maximum atomic E-state index is 12.6. The van der Waals surface area contributed by atoms with Crippen molar-refractivity contribution in [1.29, 1.82) is 5.26 Å². The summed E-state index contributed by atoms with van der Waals surface area (Å²) in [4.78, 5) is 24.3. The molecular weight excluding hydrogens is 522 g/mol. The highest BCUT2D eigenvalue weighted by atomic mass is 35.5. The fraction of sp³-hybridized carbons (Fsp3) is 0.172. The summed E-state index contributed by atoms with van der Waals surface area (Å²) >= 11 is 6.18. The second-order valence-electron chi connectivity index (χ2n) is 8.57. The van der Waals surface area contributed by atoms with Crippen molar-refractivity contribution >= 4 is 29.4 Å². The number of amides is 1. The molecule has 10 heteroatoms. The van der Waals surface area contributed by atoms with Crippen LogP contribution in [0.2, 0.25) is 5.02 Å². The molecule has 0 saturated heterocycles. The zero-order chi connectivity index (χ0) is 27.8. The van der Waals surface area contributed by atoms with E-state index in [4.69, 9.17) is 25.6 Å². The van der Waals surface area contributed by atoms with Crippen LogP contribution in [0.3, 0.4) is 0 Å². The molecule has 0 aliphatic carbocycles. The number of carboxylic acid groups (broad SMARTS) is 1. The van der Waals surface area contributed by atoms with E-state index in [2.05, 4.69) is 10.5 Å². The Morgan fingerprint density at radius 2 is 1.74 bits per heavy atom. The Kier molecular flexibility index (Phi) is 8.94. The van der Waals surface area contributed by atoms with Crippen LogP contribution in [0.4, 0.5) is 10.5 Å². The average molecular weight is 546 g/mol. The number of carbonyl (C=O) groups excluding carboxylic acids is 1. The number of aliphatic carboxylic acids is 1. The molecule has 0 bridgehead atoms. The smallest absolute Gasteiger partial charge is 0.412 e. The number of nitrogens with one attached hydrogen (secondary N) is 1. The summed E-state index contributed by atoms with van der Waals surface area (Å²) in [5, 5.41) is 25.9. The lowest BCUT2D eigenvalue weighted by Gasteiger charge is -2.15. The quantitative estimate of drug-likeness (QED) is 0.234. The highest BCUT2D eigenvalue weighted by molar-refractivity contribution is 6.31. The molecule has 0 spiro atoms. The first-order valence-corrected chi connectivity index (χ1v) is 12.3. The molecule has 9 nitrogen and oxygen atoms in total. The van der Waals surface area contributed by atoms with Crippen molar-refractivity contribution in [3.05, 3.63) is 106 Å². The Balaban J connectivity index is 1.43. The first-order valence-electron chi connectivity index (χ1n) is 11.9. The fourth-order valence-corrected chi connectivity index (χ4v) is 4.13. The summed E-state index contributed by atoms with van der Waals surface area (Å²) in [6.45, 7) is 1.75. The lowest BCUT2D eigenvalue weighted by atomic mass is 10.1. The van der Waals surface area contributed by atoms with E-state index >= 15 is 0 Å². The summed E-state index contributed by atoms with van der Waals surface area (Å²) < 4.78 is 16.2. The molecule has 4 aromatic rings. The number of aromatic nitrogens is 1. The lowest BCUT2D eigenvalue weighted by Crippen LogP contribution is -2.26. The number of ether oxygens (including phenoxy) is 2. The summed E-state index contributed by atoms with van der Waals surface area (Å²) in [5.74, 6) is -1.24. The van der Waals surface area contributed by atoms with Gasteiger partial charge in [-0.2, -0.15) is 5.26 Å². The van der Waals surface area contributed by atoms with Gasteiger partial charge in [-0.25, -0.2) is 9.59 Å². The number of carbonyl (C=O) groups is 2. The monoisotopic (exact) mass is 545 g/mol. The van der Waals surface area contributed by atoms with Crippen LogP contribution in [0.5, 0.6) is 0 Å². The number of benzene rings is 3. The molecule has 3 aromatic carbocycles. The predicted octanol–water partition coefficient (Wildman–Crippen LogP) is 6.39. The van der Waals surface area contributed by atoms with Gasteiger partial charge in [-0.05, 0) is 24.1 Å². The van der Waals surface area contributed by atoms with Crippen molar-refractivity contribution in [2.75, 3.05) is 5.32 Å². The summed E-state index contributed by atoms with van der Waals surface area (Å²) in [5.41, 5.74) is 3.06. The predicted molar refractivity (Wildman–Crippen MR) is 143 cm³/mol. The third-order valence-corrected chi connectivity index (χ3v) is 6.21. The highest BCUT2D eigenvalue weighted by Gasteiger charge is 2.23. The normalized spacial score (nSPS) is 12.2. The van der Waals surface area contributed by atoms with Gasteiger partial charge in [0, 0.05) is 22.6 Å². The third-order valence-electron chi connectivity index (χ3n) is 5.87. The maximum absolute atomic E-state index is 12.6. The lowest BCUT2D eigenvalue weighted by molar-refractivity contribution is -0.151. The summed E-state index contributed by atoms with van der Waals surface area (Å²) in [6.07, 6.45) is -2.23. The van der Waals surface area contributed by atoms with E-state index in [0.29, 0.717) is 16.1 Å². The Labute approximate surface area is 229 Å². The van der Waals surface area contributed by atoms with Crippen LogP contribution in [0.1, 0.15) is 35.5 Å². The molecule has 0 fully saturated rings. The molecule has 0 aliphatic heterocycles. The molecule has 1 amide bonds. The second kappa shape index (κ2) is 12.7. The first kappa shape index (κ1) is 27.4. The van der Waals surface area contributed by atoms with Gasteiger partial charge in [0.05, 0.1) is 6.61 Å². The van der Waals surface area contributed by atoms with E-state index in [1.54, 1.807) is 55.5 Å². The van der Waals surface area contributed by atoms with E-state index < -0.39 is 24.3 Å². The van der Waals surface area contributed by atoms with E-state index in [-0.39, 0.29) is 30.2 Å². The van der Waals surface area contributed by atoms with E-state index in [1.807, 2.05) is 36.4 Å². The number of nitriles is 1. The van der Waals surface area contributed by atoms with Crippen LogP contribution in [0.25, 0.3) is 11.3 Å². The Morgan fingerprint density at radius 1 is 1.05 bits per heavy atom. The summed E-state index contributed by atoms with van der Waals surface area (Å²) in [7, 11) is 0. The molecule has 2 N–H and O–H groups in total. The number of anilines is 1. The molecule has 1 aromatic heterocycles. The van der Waals surface area contributed by atoms with Gasteiger partial charge in [0.15, 0.2) is 6.10 Å². The van der Waals surface area contributed by atoms with Gasteiger partial charge < -0.3 is 19.1 Å². The molecule has 2 unspecified atom stereocenters. The van der Waals surface area contributed by atoms with E-state index in [1.165, 1.54) is 0 Å². The van der Waals surface area contributed by atoms with Crippen LogP contribution in [0.15, 0.2) is 83.4 Å². The molecule has 39 heavy (non-hydrogen) atoms. The largest absolute Gasteiger partial charge is 0.479 e. The Morgan fingerprint density at radius 3 is 2.41 bits per heavy atom. The molecule has 198 valence electrons. The van der Waals surface area contributed by atoms with Gasteiger partial charge in [0.25, 0.3) is 5.76 Å². The van der Waals surface area contributed by atoms with Crippen molar-refractivity contribution in [1.82, 2.24) is 5.16 Å². The van der Waals surface area contributed by atoms with Gasteiger partial charge in [-0.3, -0.25) is 5.32 Å². The van der Waals surface area contributed by atoms with Crippen LogP contribution >= 0.6 is 11.6 Å². The van der Waals surface area contributed by atoms with Gasteiger partial charge in [0.2, 0.25) is 0 Å². The Bertz CT molecular complexity index is 1480. The zero-order valence-corrected chi connectivity index (χ0v) is 21.6. The maximum Gasteiger partial charge on any atom is 0.412 e. The first-order chi connectivity index (χ1) is 18.9. The molecule has 0 radical (unpaired) electrons. The Hall–Kier alpha value is -4.65. The van der Waals surface area contributed by atoms with Gasteiger partial charge in [-0.15, -0.1) is 0 Å². The minimum absolute atomic E-state index is 0.0617. The number of halogens is 1. The number of hydrogen-bond donors (Lipinski definition) is 2. The zero-order valence-electron chi connectivity index (χ0n) is 20.8. The molecule has 2 atom stereocenters. The third kappa shape index (κ3) is 7.02. The van der Waals surface area contributed by atoms with Crippen molar-refractivity contribution in [3.63, 3.8) is 0 Å². The SMILES string of the molecule is CC(OC(=O)Nc1c(-c2ccc(COC(Cc3ccccc3)C(=O)O)cc2)noc1C#N)c1ccccc1Cl. The van der Waals surface area contributed by atoms with E-state index in [0.717, 1.165) is 11.1 Å². The average Bonchev–Trinajstić information content (AvgIpc) is 3.34. The van der Waals surface area contributed by atoms with Crippen molar-refractivity contribution in [3.8, 4) is 17.3 Å². The number of hydrogen-bond acceptors (Lipinski definition) is 7. The second-order valence-corrected chi connectivity index (χ2v) is 8.97. The molecular formula is C29H24ClN3O6. The van der Waals surface area contributed by atoms with Crippen molar-refractivity contribution in [2.24, 2.45) is 0 Å². The number of carboxylic acids is 1. The number of nitrogens with zero attached hydrogens (tertiary/aromatic N) is 2. The highest BCUT2D eigenvalue weighted by Crippen LogP contribution is 2.32. The fourth-order valence-electron chi connectivity index (χ4n) is 3.84. The van der Waals surface area contributed by atoms with Crippen LogP contribution in [0, 0.1) is 11.3 Å². The van der Waals surface area contributed by atoms with Crippen LogP contribution in [-0.2, 0) is 27.3 Å². The minimum atomic E-state index is -1.05. The molecule has 1 heterocycles. The molecule has 0 aliphatic rings. The van der Waals surface area contributed by atoms with E-state index in [9.17, 15) is 20.0 Å².